The van der Waals surface area contributed by atoms with E-state index < -0.39 is 12.1 Å². The molecule has 0 aliphatic heterocycles. The highest BCUT2D eigenvalue weighted by Gasteiger charge is 2.26. The third-order valence-electron chi connectivity index (χ3n) is 5.27. The molecular formula is C25H34N6O4. The summed E-state index contributed by atoms with van der Waals surface area (Å²) in [5.74, 6) is -1.57. The summed E-state index contributed by atoms with van der Waals surface area (Å²) >= 11 is 0. The van der Waals surface area contributed by atoms with Crippen LogP contribution in [0.2, 0.25) is 0 Å². The highest BCUT2D eigenvalue weighted by Crippen LogP contribution is 2.06. The molecule has 0 saturated carbocycles. The van der Waals surface area contributed by atoms with Gasteiger partial charge in [0, 0.05) is 37.9 Å². The summed E-state index contributed by atoms with van der Waals surface area (Å²) in [6.45, 7) is 8.03. The molecule has 2 rings (SSSR count). The van der Waals surface area contributed by atoms with E-state index in [4.69, 9.17) is 0 Å². The molecule has 0 bridgehead atoms. The molecule has 35 heavy (non-hydrogen) atoms. The van der Waals surface area contributed by atoms with Crippen molar-refractivity contribution in [3.8, 4) is 0 Å². The Bertz CT molecular complexity index is 902. The Hall–Kier alpha value is -3.82. The molecule has 0 saturated heterocycles. The van der Waals surface area contributed by atoms with Crippen LogP contribution in [0.15, 0.2) is 49.1 Å². The number of aromatic nitrogens is 2. The fourth-order valence-electron chi connectivity index (χ4n) is 3.24. The molecule has 2 aromatic heterocycles. The number of hydrogen-bond donors (Lipinski definition) is 4. The maximum Gasteiger partial charge on any atom is 0.253 e. The monoisotopic (exact) mass is 482 g/mol. The van der Waals surface area contributed by atoms with Gasteiger partial charge in [0.2, 0.25) is 11.8 Å². The summed E-state index contributed by atoms with van der Waals surface area (Å²) < 4.78 is 0. The largest absolute Gasteiger partial charge is 0.354 e. The van der Waals surface area contributed by atoms with Crippen LogP contribution in [0.4, 0.5) is 0 Å². The van der Waals surface area contributed by atoms with Crippen LogP contribution < -0.4 is 21.3 Å². The van der Waals surface area contributed by atoms with E-state index in [1.54, 1.807) is 36.7 Å². The van der Waals surface area contributed by atoms with Crippen LogP contribution >= 0.6 is 0 Å². The van der Waals surface area contributed by atoms with Gasteiger partial charge in [-0.1, -0.05) is 27.7 Å². The molecule has 0 aliphatic rings. The summed E-state index contributed by atoms with van der Waals surface area (Å²) in [6.07, 6.45) is 6.51. The molecule has 0 spiro atoms. The molecule has 10 nitrogen and oxygen atoms in total. The second kappa shape index (κ2) is 13.8. The van der Waals surface area contributed by atoms with Crippen molar-refractivity contribution < 1.29 is 19.2 Å². The van der Waals surface area contributed by atoms with Gasteiger partial charge in [-0.05, 0) is 42.5 Å². The first-order valence-electron chi connectivity index (χ1n) is 11.7. The molecular weight excluding hydrogens is 448 g/mol. The SMILES string of the molecule is CC(C)[C@H](NC(=O)c1cccnc1)C(=O)NCCCNC(=O)[C@@H](NC(=O)c1cccnc1)C(C)C. The van der Waals surface area contributed by atoms with Crippen molar-refractivity contribution in [1.29, 1.82) is 0 Å². The maximum absolute atomic E-state index is 12.6. The second-order valence-electron chi connectivity index (χ2n) is 8.81. The first kappa shape index (κ1) is 27.4. The Morgan fingerprint density at radius 3 is 1.43 bits per heavy atom. The molecule has 0 fully saturated rings. The lowest BCUT2D eigenvalue weighted by atomic mass is 10.0. The van der Waals surface area contributed by atoms with E-state index in [0.29, 0.717) is 30.6 Å². The van der Waals surface area contributed by atoms with Crippen LogP contribution in [0.3, 0.4) is 0 Å². The smallest absolute Gasteiger partial charge is 0.253 e. The predicted molar refractivity (Wildman–Crippen MR) is 131 cm³/mol. The van der Waals surface area contributed by atoms with Gasteiger partial charge in [-0.15, -0.1) is 0 Å². The van der Waals surface area contributed by atoms with Crippen molar-refractivity contribution in [3.63, 3.8) is 0 Å². The normalized spacial score (nSPS) is 12.5. The van der Waals surface area contributed by atoms with Crippen LogP contribution in [0.25, 0.3) is 0 Å². The summed E-state index contributed by atoms with van der Waals surface area (Å²) in [6, 6.07) is 5.16. The maximum atomic E-state index is 12.6. The van der Waals surface area contributed by atoms with Crippen molar-refractivity contribution >= 4 is 23.6 Å². The van der Waals surface area contributed by atoms with Gasteiger partial charge in [-0.2, -0.15) is 0 Å². The van der Waals surface area contributed by atoms with Crippen molar-refractivity contribution in [2.75, 3.05) is 13.1 Å². The first-order chi connectivity index (χ1) is 16.7. The van der Waals surface area contributed by atoms with Gasteiger partial charge in [0.25, 0.3) is 11.8 Å². The Balaban J connectivity index is 1.78. The minimum Gasteiger partial charge on any atom is -0.354 e. The zero-order valence-corrected chi connectivity index (χ0v) is 20.6. The molecule has 0 aliphatic carbocycles. The molecule has 0 unspecified atom stereocenters. The highest BCUT2D eigenvalue weighted by molar-refractivity contribution is 5.98. The molecule has 4 amide bonds. The second-order valence-corrected chi connectivity index (χ2v) is 8.81. The molecule has 0 radical (unpaired) electrons. The number of amides is 4. The van der Waals surface area contributed by atoms with Gasteiger partial charge in [0.1, 0.15) is 12.1 Å². The number of pyridine rings is 2. The number of carbonyl (C=O) groups is 4. The number of carbonyl (C=O) groups excluding carboxylic acids is 4. The van der Waals surface area contributed by atoms with Crippen LogP contribution in [0.1, 0.15) is 54.8 Å². The lowest BCUT2D eigenvalue weighted by Gasteiger charge is -2.22. The fraction of sp³-hybridized carbons (Fsp3) is 0.440. The van der Waals surface area contributed by atoms with E-state index in [2.05, 4.69) is 31.2 Å². The first-order valence-corrected chi connectivity index (χ1v) is 11.7. The van der Waals surface area contributed by atoms with E-state index in [1.165, 1.54) is 12.4 Å². The lowest BCUT2D eigenvalue weighted by Crippen LogP contribution is -2.51. The standard InChI is InChI=1S/C25H34N6O4/c1-16(2)20(30-22(32)18-8-5-10-26-14-18)24(34)28-12-7-13-29-25(35)21(17(3)4)31-23(33)19-9-6-11-27-15-19/h5-6,8-11,14-17,20-21H,7,12-13H2,1-4H3,(H,28,34)(H,29,35)(H,30,32)(H,31,33)/t20-,21-/m0/s1. The van der Waals surface area contributed by atoms with Crippen LogP contribution in [-0.2, 0) is 9.59 Å². The molecule has 10 heteroatoms. The fourth-order valence-corrected chi connectivity index (χ4v) is 3.24. The Labute approximate surface area is 205 Å². The van der Waals surface area contributed by atoms with Crippen molar-refractivity contribution in [2.45, 2.75) is 46.2 Å². The van der Waals surface area contributed by atoms with Crippen LogP contribution in [0, 0.1) is 11.8 Å². The molecule has 2 heterocycles. The number of rotatable bonds is 12. The minimum absolute atomic E-state index is 0.120. The van der Waals surface area contributed by atoms with Crippen molar-refractivity contribution in [3.05, 3.63) is 60.2 Å². The molecule has 2 aromatic rings. The summed E-state index contributed by atoms with van der Waals surface area (Å²) in [7, 11) is 0. The lowest BCUT2D eigenvalue weighted by molar-refractivity contribution is -0.124. The van der Waals surface area contributed by atoms with E-state index in [1.807, 2.05) is 27.7 Å². The van der Waals surface area contributed by atoms with Gasteiger partial charge in [0.15, 0.2) is 0 Å². The van der Waals surface area contributed by atoms with E-state index in [9.17, 15) is 19.2 Å². The van der Waals surface area contributed by atoms with Crippen molar-refractivity contribution in [1.82, 2.24) is 31.2 Å². The predicted octanol–water partition coefficient (Wildman–Crippen LogP) is 1.31. The van der Waals surface area contributed by atoms with E-state index in [-0.39, 0.29) is 35.5 Å². The molecule has 0 aromatic carbocycles. The highest BCUT2D eigenvalue weighted by atomic mass is 16.2. The van der Waals surface area contributed by atoms with E-state index >= 15 is 0 Å². The van der Waals surface area contributed by atoms with Crippen LogP contribution in [0.5, 0.6) is 0 Å². The van der Waals surface area contributed by atoms with Gasteiger partial charge < -0.3 is 21.3 Å². The third-order valence-corrected chi connectivity index (χ3v) is 5.27. The number of hydrogen-bond acceptors (Lipinski definition) is 6. The summed E-state index contributed by atoms with van der Waals surface area (Å²) in [5, 5.41) is 11.1. The molecule has 2 atom stereocenters. The Kier molecular flexibility index (Phi) is 10.8. The summed E-state index contributed by atoms with van der Waals surface area (Å²) in [5.41, 5.74) is 0.757. The zero-order valence-electron chi connectivity index (χ0n) is 20.6. The quantitative estimate of drug-likeness (QED) is 0.336. The summed E-state index contributed by atoms with van der Waals surface area (Å²) in [4.78, 5) is 57.9. The number of nitrogens with zero attached hydrogens (tertiary/aromatic N) is 2. The zero-order chi connectivity index (χ0) is 25.8. The molecule has 188 valence electrons. The van der Waals surface area contributed by atoms with Crippen LogP contribution in [-0.4, -0.2) is 58.8 Å². The average Bonchev–Trinajstić information content (AvgIpc) is 2.85. The minimum atomic E-state index is -0.703. The Morgan fingerprint density at radius 1 is 0.714 bits per heavy atom. The van der Waals surface area contributed by atoms with Gasteiger partial charge in [-0.25, -0.2) is 0 Å². The van der Waals surface area contributed by atoms with E-state index in [0.717, 1.165) is 0 Å². The third kappa shape index (κ3) is 8.80. The van der Waals surface area contributed by atoms with Crippen molar-refractivity contribution in [2.24, 2.45) is 11.8 Å². The molecule has 4 N–H and O–H groups in total. The average molecular weight is 483 g/mol. The Morgan fingerprint density at radius 2 is 1.11 bits per heavy atom. The van der Waals surface area contributed by atoms with Gasteiger partial charge in [0.05, 0.1) is 11.1 Å². The van der Waals surface area contributed by atoms with Gasteiger partial charge in [-0.3, -0.25) is 29.1 Å². The number of nitrogens with one attached hydrogen (secondary N) is 4. The topological polar surface area (TPSA) is 142 Å². The van der Waals surface area contributed by atoms with Gasteiger partial charge >= 0.3 is 0 Å².